The van der Waals surface area contributed by atoms with Gasteiger partial charge >= 0.3 is 5.97 Å². The van der Waals surface area contributed by atoms with E-state index >= 15 is 0 Å². The highest BCUT2D eigenvalue weighted by Crippen LogP contribution is 2.34. The van der Waals surface area contributed by atoms with E-state index in [1.807, 2.05) is 13.8 Å². The number of nitrogens with one attached hydrogen (secondary N) is 3. The molecule has 2 atom stereocenters. The zero-order valence-corrected chi connectivity index (χ0v) is 27.2. The number of sulfonamides is 1. The average Bonchev–Trinajstić information content (AvgIpc) is 3.70. The molecule has 0 bridgehead atoms. The molecule has 1 aliphatic rings. The molecule has 6 rings (SSSR count). The smallest absolute Gasteiger partial charge is 0.335 e. The molecule has 1 fully saturated rings. The van der Waals surface area contributed by atoms with Crippen molar-refractivity contribution in [1.82, 2.24) is 25.1 Å². The number of carboxylic acids is 1. The maximum Gasteiger partial charge on any atom is 0.335 e. The van der Waals surface area contributed by atoms with E-state index in [1.54, 1.807) is 23.7 Å². The number of fused-ring (bicyclic) bond motifs is 1. The molecule has 14 nitrogen and oxygen atoms in total. The summed E-state index contributed by atoms with van der Waals surface area (Å²) in [6.07, 6.45) is 3.35. The van der Waals surface area contributed by atoms with Crippen LogP contribution in [-0.2, 0) is 21.3 Å². The van der Waals surface area contributed by atoms with Crippen LogP contribution < -0.4 is 14.8 Å². The third kappa shape index (κ3) is 7.10. The number of aromatic carboxylic acids is 1. The Morgan fingerprint density at radius 1 is 1.11 bits per heavy atom. The van der Waals surface area contributed by atoms with Crippen molar-refractivity contribution in [3.8, 4) is 17.0 Å². The van der Waals surface area contributed by atoms with Gasteiger partial charge in [-0.2, -0.15) is 5.10 Å². The number of rotatable bonds is 10. The van der Waals surface area contributed by atoms with E-state index in [2.05, 4.69) is 35.1 Å². The summed E-state index contributed by atoms with van der Waals surface area (Å²) < 4.78 is 40.0. The van der Waals surface area contributed by atoms with E-state index in [9.17, 15) is 23.1 Å². The second-order valence-corrected chi connectivity index (χ2v) is 13.7. The second-order valence-electron chi connectivity index (χ2n) is 11.1. The predicted molar refractivity (Wildman–Crippen MR) is 175 cm³/mol. The van der Waals surface area contributed by atoms with Crippen LogP contribution in [0.3, 0.4) is 0 Å². The van der Waals surface area contributed by atoms with Crippen LogP contribution in [0.2, 0.25) is 0 Å². The number of H-pyrrole nitrogens is 1. The van der Waals surface area contributed by atoms with Crippen LogP contribution in [0, 0.1) is 0 Å². The predicted octanol–water partition coefficient (Wildman–Crippen LogP) is 4.45. The summed E-state index contributed by atoms with van der Waals surface area (Å²) in [7, 11) is -2.87. The number of anilines is 2. The largest absolute Gasteiger partial charge is 0.480 e. The van der Waals surface area contributed by atoms with Crippen molar-refractivity contribution in [2.45, 2.75) is 37.5 Å². The molecule has 0 aliphatic carbocycles. The van der Waals surface area contributed by atoms with Crippen molar-refractivity contribution in [2.75, 3.05) is 30.2 Å². The summed E-state index contributed by atoms with van der Waals surface area (Å²) in [6, 6.07) is 10.0. The summed E-state index contributed by atoms with van der Waals surface area (Å²) in [5, 5.41) is 22.5. The molecular formula is C31H31N7O7S2. The minimum absolute atomic E-state index is 0.00295. The number of pyridine rings is 1. The van der Waals surface area contributed by atoms with E-state index in [0.717, 1.165) is 24.2 Å². The number of thiazole rings is 1. The van der Waals surface area contributed by atoms with Crippen LogP contribution in [0.5, 0.6) is 5.88 Å². The van der Waals surface area contributed by atoms with Crippen LogP contribution in [0.15, 0.2) is 65.1 Å². The molecule has 0 radical (unpaired) electrons. The summed E-state index contributed by atoms with van der Waals surface area (Å²) in [5.74, 6) is -1.64. The molecule has 1 saturated heterocycles. The fraction of sp³-hybridized carbons (Fsp3) is 0.258. The number of hydrogen-bond acceptors (Lipinski definition) is 11. The topological polar surface area (TPSA) is 189 Å². The molecule has 5 aromatic rings. The molecule has 1 amide bonds. The van der Waals surface area contributed by atoms with Gasteiger partial charge in [0.05, 0.1) is 53.7 Å². The van der Waals surface area contributed by atoms with Gasteiger partial charge in [-0.05, 0) is 55.8 Å². The lowest BCUT2D eigenvalue weighted by molar-refractivity contribution is -0.0705. The fourth-order valence-electron chi connectivity index (χ4n) is 5.45. The maximum atomic E-state index is 13.4. The Hall–Kier alpha value is -4.90. The third-order valence-corrected chi connectivity index (χ3v) is 9.66. The highest BCUT2D eigenvalue weighted by molar-refractivity contribution is 7.92. The van der Waals surface area contributed by atoms with Crippen molar-refractivity contribution >= 4 is 55.5 Å². The van der Waals surface area contributed by atoms with Crippen LogP contribution in [0.25, 0.3) is 22.0 Å². The highest BCUT2D eigenvalue weighted by Gasteiger charge is 2.24. The Bertz CT molecular complexity index is 2070. The number of aromatic nitrogens is 4. The number of hydrogen-bond donors (Lipinski definition) is 4. The molecule has 16 heteroatoms. The van der Waals surface area contributed by atoms with Gasteiger partial charge in [0.15, 0.2) is 0 Å². The monoisotopic (exact) mass is 677 g/mol. The number of nitrogens with zero attached hydrogens (tertiary/aromatic N) is 4. The first-order chi connectivity index (χ1) is 22.5. The summed E-state index contributed by atoms with van der Waals surface area (Å²) in [5.41, 5.74) is 2.32. The molecule has 0 saturated carbocycles. The summed E-state index contributed by atoms with van der Waals surface area (Å²) in [6.45, 7) is 6.28. The standard InChI is InChI=1S/C31H31N7O7S2/c1-17-13-38(14-18(2)45-17)15-28-34-27(16-46-28)29(39)35-24-8-20(9-25-23(24)12-33-36-25)21-10-26(30(44-3)32-11-21)37-47(42,43)22-6-4-5-19(7-22)31(40)41/h4-12,16-18,37H,13-15H2,1-3H3,(H,33,36)(H,35,39)(H,40,41)/t17-,18+. The Morgan fingerprint density at radius 2 is 1.87 bits per heavy atom. The van der Waals surface area contributed by atoms with E-state index in [4.69, 9.17) is 9.47 Å². The summed E-state index contributed by atoms with van der Waals surface area (Å²) >= 11 is 1.42. The van der Waals surface area contributed by atoms with Crippen molar-refractivity contribution in [1.29, 1.82) is 0 Å². The second kappa shape index (κ2) is 13.1. The molecule has 0 spiro atoms. The molecule has 0 unspecified atom stereocenters. The minimum Gasteiger partial charge on any atom is -0.480 e. The van der Waals surface area contributed by atoms with E-state index in [-0.39, 0.29) is 45.8 Å². The quantitative estimate of drug-likeness (QED) is 0.163. The molecule has 2 aromatic carbocycles. The lowest BCUT2D eigenvalue weighted by Crippen LogP contribution is -2.44. The number of morpholine rings is 1. The number of benzene rings is 2. The molecule has 244 valence electrons. The first-order valence-corrected chi connectivity index (χ1v) is 16.9. The van der Waals surface area contributed by atoms with Gasteiger partial charge in [-0.15, -0.1) is 11.3 Å². The first-order valence-electron chi connectivity index (χ1n) is 14.5. The lowest BCUT2D eigenvalue weighted by atomic mass is 10.0. The number of carbonyl (C=O) groups is 2. The van der Waals surface area contributed by atoms with Crippen LogP contribution >= 0.6 is 11.3 Å². The number of methoxy groups -OCH3 is 1. The average molecular weight is 678 g/mol. The molecule has 47 heavy (non-hydrogen) atoms. The normalized spacial score (nSPS) is 17.0. The van der Waals surface area contributed by atoms with E-state index < -0.39 is 16.0 Å². The zero-order chi connectivity index (χ0) is 33.3. The van der Waals surface area contributed by atoms with Gasteiger partial charge in [0.1, 0.15) is 16.4 Å². The van der Waals surface area contributed by atoms with Crippen molar-refractivity contribution < 1.29 is 32.6 Å². The van der Waals surface area contributed by atoms with E-state index in [1.165, 1.54) is 48.9 Å². The van der Waals surface area contributed by atoms with Gasteiger partial charge in [0.25, 0.3) is 15.9 Å². The SMILES string of the molecule is COc1ncc(-c2cc(NC(=O)c3csc(CN4C[C@@H](C)O[C@@H](C)C4)n3)c3cn[nH]c3c2)cc1NS(=O)(=O)c1cccc(C(=O)O)c1. The lowest BCUT2D eigenvalue weighted by Gasteiger charge is -2.34. The van der Waals surface area contributed by atoms with Crippen molar-refractivity contribution in [3.05, 3.63) is 76.5 Å². The van der Waals surface area contributed by atoms with Gasteiger partial charge in [0, 0.05) is 35.6 Å². The summed E-state index contributed by atoms with van der Waals surface area (Å²) in [4.78, 5) is 35.6. The van der Waals surface area contributed by atoms with Gasteiger partial charge in [-0.25, -0.2) is 23.2 Å². The van der Waals surface area contributed by atoms with Crippen LogP contribution in [0.4, 0.5) is 11.4 Å². The Labute approximate surface area is 273 Å². The van der Waals surface area contributed by atoms with Gasteiger partial charge in [0.2, 0.25) is 5.88 Å². The number of carboxylic acid groups (broad SMARTS) is 1. The van der Waals surface area contributed by atoms with Gasteiger partial charge in [-0.1, -0.05) is 6.07 Å². The minimum atomic E-state index is -4.22. The van der Waals surface area contributed by atoms with Crippen molar-refractivity contribution in [2.24, 2.45) is 0 Å². The van der Waals surface area contributed by atoms with Crippen LogP contribution in [0.1, 0.15) is 39.7 Å². The molecule has 1 aliphatic heterocycles. The Kier molecular flexibility index (Phi) is 8.92. The van der Waals surface area contributed by atoms with Gasteiger partial charge < -0.3 is 19.9 Å². The maximum absolute atomic E-state index is 13.4. The molecular weight excluding hydrogens is 647 g/mol. The third-order valence-electron chi connectivity index (χ3n) is 7.46. The molecule has 4 heterocycles. The highest BCUT2D eigenvalue weighted by atomic mass is 32.2. The van der Waals surface area contributed by atoms with Crippen molar-refractivity contribution in [3.63, 3.8) is 0 Å². The molecule has 4 N–H and O–H groups in total. The van der Waals surface area contributed by atoms with Crippen LogP contribution in [-0.4, -0.2) is 82.9 Å². The number of ether oxygens (including phenoxy) is 2. The zero-order valence-electron chi connectivity index (χ0n) is 25.6. The van der Waals surface area contributed by atoms with E-state index in [0.29, 0.717) is 34.3 Å². The first kappa shape index (κ1) is 32.1. The number of aromatic amines is 1. The number of carbonyl (C=O) groups excluding carboxylic acids is 1. The van der Waals surface area contributed by atoms with Gasteiger partial charge in [-0.3, -0.25) is 19.5 Å². The molecule has 3 aromatic heterocycles. The Morgan fingerprint density at radius 3 is 2.62 bits per heavy atom. The number of amides is 1. The fourth-order valence-corrected chi connectivity index (χ4v) is 7.36. The Balaban J connectivity index is 1.26.